The summed E-state index contributed by atoms with van der Waals surface area (Å²) in [4.78, 5) is 22.9. The highest BCUT2D eigenvalue weighted by molar-refractivity contribution is 8.01. The lowest BCUT2D eigenvalue weighted by molar-refractivity contribution is -0.268. The molecule has 3 N–H and O–H groups in total. The molecule has 1 aliphatic rings. The smallest absolute Gasteiger partial charge is 0.303 e. The number of benzene rings is 3. The van der Waals surface area contributed by atoms with Crippen LogP contribution in [0.5, 0.6) is 0 Å². The van der Waals surface area contributed by atoms with Crippen LogP contribution in [0.25, 0.3) is 11.1 Å². The fourth-order valence-electron chi connectivity index (χ4n) is 5.08. The number of aliphatic hydroxyl groups excluding tert-OH is 1. The monoisotopic (exact) mass is 633 g/mol. The van der Waals surface area contributed by atoms with E-state index >= 15 is 0 Å². The number of nitrogens with one attached hydrogen (secondary N) is 1. The first-order valence-corrected chi connectivity index (χ1v) is 16.2. The number of aliphatic carboxylic acids is 1. The zero-order valence-corrected chi connectivity index (χ0v) is 26.1. The lowest BCUT2D eigenvalue weighted by Crippen LogP contribution is -2.38. The topological polar surface area (TPSA) is 131 Å². The van der Waals surface area contributed by atoms with Crippen LogP contribution in [0.2, 0.25) is 0 Å². The van der Waals surface area contributed by atoms with Gasteiger partial charge >= 0.3 is 5.97 Å². The molecule has 4 aromatic rings. The molecule has 5 rings (SSSR count). The SMILES string of the molecule is Cc1nnc(SC[C@@H]2O[C@H](c3ccc(-c4ccccc4CNC(=O)CCC(=O)O)cc3)O[C@H](c3ccc(CO)cc3)[C@@H]2C)s1. The van der Waals surface area contributed by atoms with E-state index in [9.17, 15) is 14.7 Å². The molecule has 0 bridgehead atoms. The Morgan fingerprint density at radius 2 is 1.68 bits per heavy atom. The summed E-state index contributed by atoms with van der Waals surface area (Å²) in [6.45, 7) is 4.36. The van der Waals surface area contributed by atoms with Gasteiger partial charge in [-0.05, 0) is 34.7 Å². The van der Waals surface area contributed by atoms with Crippen molar-refractivity contribution in [1.82, 2.24) is 15.5 Å². The van der Waals surface area contributed by atoms with Gasteiger partial charge in [-0.1, -0.05) is 103 Å². The molecular formula is C33H35N3O6S2. The summed E-state index contributed by atoms with van der Waals surface area (Å²) in [5, 5.41) is 30.5. The van der Waals surface area contributed by atoms with E-state index in [0.717, 1.165) is 42.7 Å². The number of rotatable bonds is 12. The Kier molecular flexibility index (Phi) is 10.8. The molecule has 1 saturated heterocycles. The van der Waals surface area contributed by atoms with Gasteiger partial charge in [0.25, 0.3) is 0 Å². The number of carbonyl (C=O) groups excluding carboxylic acids is 1. The van der Waals surface area contributed by atoms with Crippen LogP contribution in [0.1, 0.15) is 59.4 Å². The average molecular weight is 634 g/mol. The maximum atomic E-state index is 12.1. The van der Waals surface area contributed by atoms with Crippen LogP contribution in [0.3, 0.4) is 0 Å². The largest absolute Gasteiger partial charge is 0.481 e. The van der Waals surface area contributed by atoms with E-state index in [2.05, 4.69) is 22.4 Å². The molecule has 0 radical (unpaired) electrons. The summed E-state index contributed by atoms with van der Waals surface area (Å²) < 4.78 is 14.1. The fraction of sp³-hybridized carbons (Fsp3) is 0.333. The Labute approximate surface area is 264 Å². The molecule has 44 heavy (non-hydrogen) atoms. The predicted molar refractivity (Wildman–Crippen MR) is 169 cm³/mol. The molecule has 1 amide bonds. The van der Waals surface area contributed by atoms with Crippen molar-refractivity contribution in [3.8, 4) is 11.1 Å². The summed E-state index contributed by atoms with van der Waals surface area (Å²) in [6, 6.07) is 23.7. The fourth-order valence-corrected chi connectivity index (χ4v) is 7.08. The second-order valence-electron chi connectivity index (χ2n) is 10.7. The van der Waals surface area contributed by atoms with Crippen molar-refractivity contribution in [3.05, 3.63) is 100 Å². The third-order valence-corrected chi connectivity index (χ3v) is 9.62. The van der Waals surface area contributed by atoms with Crippen molar-refractivity contribution >= 4 is 35.0 Å². The molecule has 1 fully saturated rings. The number of amides is 1. The molecule has 0 aliphatic carbocycles. The first-order chi connectivity index (χ1) is 21.3. The Bertz CT molecular complexity index is 1560. The summed E-state index contributed by atoms with van der Waals surface area (Å²) in [6.07, 6.45) is -1.18. The Balaban J connectivity index is 1.34. The standard InChI is InChI=1S/C33H35N3O6S2/c1-20-28(19-43-33-36-35-21(2)44-33)41-32(42-31(20)24-9-7-22(18-37)8-10-24)25-13-11-23(12-14-25)27-6-4-3-5-26(27)17-34-29(38)15-16-30(39)40/h3-14,20,28,31-32,37H,15-19H2,1-2H3,(H,34,38)(H,39,40)/t20-,28+,31+,32+/m1/s1. The molecule has 1 aliphatic heterocycles. The zero-order valence-electron chi connectivity index (χ0n) is 24.5. The second kappa shape index (κ2) is 14.9. The maximum Gasteiger partial charge on any atom is 0.303 e. The number of aryl methyl sites for hydroxylation is 1. The quantitative estimate of drug-likeness (QED) is 0.159. The molecule has 3 aromatic carbocycles. The van der Waals surface area contributed by atoms with E-state index in [4.69, 9.17) is 14.6 Å². The van der Waals surface area contributed by atoms with E-state index in [-0.39, 0.29) is 43.5 Å². The van der Waals surface area contributed by atoms with Crippen LogP contribution in [0.4, 0.5) is 0 Å². The summed E-state index contributed by atoms with van der Waals surface area (Å²) >= 11 is 3.21. The van der Waals surface area contributed by atoms with E-state index in [1.54, 1.807) is 23.1 Å². The van der Waals surface area contributed by atoms with Crippen LogP contribution >= 0.6 is 23.1 Å². The summed E-state index contributed by atoms with van der Waals surface area (Å²) in [5.41, 5.74) is 5.64. The summed E-state index contributed by atoms with van der Waals surface area (Å²) in [5.74, 6) is -0.536. The number of ether oxygens (including phenoxy) is 2. The van der Waals surface area contributed by atoms with Gasteiger partial charge in [0.15, 0.2) is 10.6 Å². The number of nitrogens with zero attached hydrogens (tertiary/aromatic N) is 2. The Hall–Kier alpha value is -3.61. The highest BCUT2D eigenvalue weighted by Crippen LogP contribution is 2.43. The molecule has 1 aromatic heterocycles. The van der Waals surface area contributed by atoms with Gasteiger partial charge < -0.3 is 25.0 Å². The third-order valence-electron chi connectivity index (χ3n) is 7.56. The van der Waals surface area contributed by atoms with Crippen LogP contribution in [0.15, 0.2) is 77.1 Å². The minimum absolute atomic E-state index is 0.0137. The number of thioether (sulfide) groups is 1. The van der Waals surface area contributed by atoms with E-state index in [1.807, 2.05) is 79.7 Å². The third kappa shape index (κ3) is 8.10. The molecular weight excluding hydrogens is 599 g/mol. The number of aliphatic hydroxyl groups is 1. The van der Waals surface area contributed by atoms with Gasteiger partial charge in [0.2, 0.25) is 5.91 Å². The van der Waals surface area contributed by atoms with Crippen molar-refractivity contribution in [2.75, 3.05) is 5.75 Å². The number of aromatic nitrogens is 2. The lowest BCUT2D eigenvalue weighted by Gasteiger charge is -2.41. The Morgan fingerprint density at radius 1 is 0.955 bits per heavy atom. The van der Waals surface area contributed by atoms with E-state index in [0.29, 0.717) is 12.3 Å². The van der Waals surface area contributed by atoms with Crippen molar-refractivity contribution < 1.29 is 29.3 Å². The van der Waals surface area contributed by atoms with Crippen molar-refractivity contribution in [3.63, 3.8) is 0 Å². The molecule has 11 heteroatoms. The van der Waals surface area contributed by atoms with Crippen LogP contribution < -0.4 is 5.32 Å². The average Bonchev–Trinajstić information content (AvgIpc) is 3.47. The van der Waals surface area contributed by atoms with Crippen LogP contribution in [-0.4, -0.2) is 44.1 Å². The molecule has 2 heterocycles. The molecule has 0 spiro atoms. The minimum Gasteiger partial charge on any atom is -0.481 e. The molecule has 0 saturated carbocycles. The van der Waals surface area contributed by atoms with Crippen molar-refractivity contribution in [1.29, 1.82) is 0 Å². The highest BCUT2D eigenvalue weighted by Gasteiger charge is 2.38. The van der Waals surface area contributed by atoms with Gasteiger partial charge in [-0.3, -0.25) is 9.59 Å². The van der Waals surface area contributed by atoms with Crippen LogP contribution in [0, 0.1) is 12.8 Å². The van der Waals surface area contributed by atoms with E-state index < -0.39 is 12.3 Å². The molecule has 9 nitrogen and oxygen atoms in total. The number of carboxylic acid groups (broad SMARTS) is 1. The van der Waals surface area contributed by atoms with Crippen molar-refractivity contribution in [2.45, 2.75) is 62.7 Å². The number of hydrogen-bond donors (Lipinski definition) is 3. The van der Waals surface area contributed by atoms with Gasteiger partial charge in [-0.2, -0.15) is 0 Å². The number of carbonyl (C=O) groups is 2. The predicted octanol–water partition coefficient (Wildman–Crippen LogP) is 6.07. The van der Waals surface area contributed by atoms with Crippen molar-refractivity contribution in [2.24, 2.45) is 5.92 Å². The lowest BCUT2D eigenvalue weighted by atomic mass is 9.91. The number of carboxylic acids is 1. The van der Waals surface area contributed by atoms with Gasteiger partial charge in [0.05, 0.1) is 25.2 Å². The number of hydrogen-bond acceptors (Lipinski definition) is 9. The van der Waals surface area contributed by atoms with E-state index in [1.165, 1.54) is 0 Å². The highest BCUT2D eigenvalue weighted by atomic mass is 32.2. The first-order valence-electron chi connectivity index (χ1n) is 14.4. The summed E-state index contributed by atoms with van der Waals surface area (Å²) in [7, 11) is 0. The first kappa shape index (κ1) is 31.8. The molecule has 0 unspecified atom stereocenters. The molecule has 230 valence electrons. The second-order valence-corrected chi connectivity index (χ2v) is 13.1. The van der Waals surface area contributed by atoms with Gasteiger partial charge in [0, 0.05) is 30.2 Å². The zero-order chi connectivity index (χ0) is 31.1. The van der Waals surface area contributed by atoms with Crippen LogP contribution in [-0.2, 0) is 32.2 Å². The Morgan fingerprint density at radius 3 is 2.36 bits per heavy atom. The van der Waals surface area contributed by atoms with Gasteiger partial charge in [-0.25, -0.2) is 0 Å². The van der Waals surface area contributed by atoms with Gasteiger partial charge in [-0.15, -0.1) is 10.2 Å². The maximum absolute atomic E-state index is 12.1. The van der Waals surface area contributed by atoms with Gasteiger partial charge in [0.1, 0.15) is 5.01 Å². The minimum atomic E-state index is -0.996. The molecule has 4 atom stereocenters. The normalized spacial score (nSPS) is 19.9.